The first-order chi connectivity index (χ1) is 5.94. The van der Waals surface area contributed by atoms with Gasteiger partial charge in [-0.1, -0.05) is 30.4 Å². The monoisotopic (exact) mass is 155 g/mol. The van der Waals surface area contributed by atoms with Gasteiger partial charge in [0.1, 0.15) is 0 Å². The van der Waals surface area contributed by atoms with Crippen LogP contribution in [0.2, 0.25) is 0 Å². The molecule has 2 unspecified atom stereocenters. The summed E-state index contributed by atoms with van der Waals surface area (Å²) in [5, 5.41) is 0. The van der Waals surface area contributed by atoms with E-state index in [1.807, 2.05) is 0 Å². The third-order valence-corrected chi connectivity index (χ3v) is 3.51. The highest BCUT2D eigenvalue weighted by atomic mass is 15.5. The van der Waals surface area contributed by atoms with E-state index in [-0.39, 0.29) is 0 Å². The van der Waals surface area contributed by atoms with Crippen molar-refractivity contribution in [3.8, 4) is 0 Å². The minimum Gasteiger partial charge on any atom is -0.349 e. The van der Waals surface area contributed by atoms with Gasteiger partial charge in [0, 0.05) is 11.3 Å². The SMILES string of the molecule is C1=CC2N3c4ccccc4C23C1. The molecule has 1 saturated heterocycles. The van der Waals surface area contributed by atoms with Gasteiger partial charge in [-0.3, -0.25) is 0 Å². The van der Waals surface area contributed by atoms with Gasteiger partial charge < -0.3 is 4.90 Å². The highest BCUT2D eigenvalue weighted by Crippen LogP contribution is 2.69. The summed E-state index contributed by atoms with van der Waals surface area (Å²) < 4.78 is 0. The van der Waals surface area contributed by atoms with Crippen molar-refractivity contribution in [1.29, 1.82) is 0 Å². The Bertz CT molecular complexity index is 407. The van der Waals surface area contributed by atoms with Gasteiger partial charge in [-0.25, -0.2) is 0 Å². The number of benzene rings is 1. The lowest BCUT2D eigenvalue weighted by Gasteiger charge is -2.29. The summed E-state index contributed by atoms with van der Waals surface area (Å²) in [6.45, 7) is 0. The quantitative estimate of drug-likeness (QED) is 0.409. The molecule has 1 spiro atoms. The maximum absolute atomic E-state index is 2.53. The number of hydrogen-bond donors (Lipinski definition) is 0. The molecule has 0 aromatic heterocycles. The van der Waals surface area contributed by atoms with Crippen molar-refractivity contribution < 1.29 is 0 Å². The largest absolute Gasteiger partial charge is 0.349 e. The van der Waals surface area contributed by atoms with Crippen LogP contribution in [0.4, 0.5) is 5.69 Å². The smallest absolute Gasteiger partial charge is 0.0954 e. The second kappa shape index (κ2) is 1.33. The molecule has 3 aliphatic rings. The van der Waals surface area contributed by atoms with Crippen molar-refractivity contribution in [2.75, 3.05) is 4.90 Å². The van der Waals surface area contributed by atoms with Gasteiger partial charge in [-0.2, -0.15) is 0 Å². The van der Waals surface area contributed by atoms with Gasteiger partial charge in [-0.15, -0.1) is 0 Å². The van der Waals surface area contributed by atoms with Crippen LogP contribution in [-0.4, -0.2) is 6.04 Å². The zero-order chi connectivity index (χ0) is 7.76. The molecule has 4 rings (SSSR count). The number of fused-ring (bicyclic) bond motifs is 3. The van der Waals surface area contributed by atoms with Gasteiger partial charge in [0.2, 0.25) is 0 Å². The molecule has 1 nitrogen and oxygen atoms in total. The molecule has 2 atom stereocenters. The third-order valence-electron chi connectivity index (χ3n) is 3.51. The normalized spacial score (nSPS) is 38.3. The summed E-state index contributed by atoms with van der Waals surface area (Å²) in [5.41, 5.74) is 3.49. The molecule has 0 radical (unpaired) electrons. The first kappa shape index (κ1) is 5.41. The molecule has 1 aromatic rings. The highest BCUT2D eigenvalue weighted by molar-refractivity contribution is 5.83. The predicted molar refractivity (Wildman–Crippen MR) is 48.1 cm³/mol. The summed E-state index contributed by atoms with van der Waals surface area (Å²) in [6.07, 6.45) is 5.89. The lowest BCUT2D eigenvalue weighted by atomic mass is 9.89. The molecule has 0 amide bonds. The van der Waals surface area contributed by atoms with E-state index in [0.29, 0.717) is 5.54 Å². The van der Waals surface area contributed by atoms with Crippen LogP contribution in [-0.2, 0) is 5.54 Å². The van der Waals surface area contributed by atoms with E-state index < -0.39 is 0 Å². The lowest BCUT2D eigenvalue weighted by Crippen LogP contribution is -2.25. The van der Waals surface area contributed by atoms with Gasteiger partial charge in [0.05, 0.1) is 11.6 Å². The Labute approximate surface area is 71.3 Å². The molecule has 2 heterocycles. The Kier molecular flexibility index (Phi) is 0.598. The number of nitrogens with zero attached hydrogens (tertiary/aromatic N) is 1. The Morgan fingerprint density at radius 2 is 2.25 bits per heavy atom. The Morgan fingerprint density at radius 3 is 3.25 bits per heavy atom. The fourth-order valence-corrected chi connectivity index (χ4v) is 2.96. The summed E-state index contributed by atoms with van der Waals surface area (Å²) >= 11 is 0. The predicted octanol–water partition coefficient (Wildman–Crippen LogP) is 2.04. The van der Waals surface area contributed by atoms with Crippen molar-refractivity contribution in [3.63, 3.8) is 0 Å². The van der Waals surface area contributed by atoms with Crippen LogP contribution < -0.4 is 4.90 Å². The molecule has 1 aromatic carbocycles. The third kappa shape index (κ3) is 0.318. The van der Waals surface area contributed by atoms with Crippen LogP contribution in [0.25, 0.3) is 0 Å². The molecule has 0 bridgehead atoms. The molecule has 58 valence electrons. The van der Waals surface area contributed by atoms with E-state index in [2.05, 4.69) is 41.3 Å². The van der Waals surface area contributed by atoms with E-state index in [4.69, 9.17) is 0 Å². The molecule has 0 saturated carbocycles. The van der Waals surface area contributed by atoms with Crippen LogP contribution in [0, 0.1) is 0 Å². The molecule has 2 aliphatic heterocycles. The first-order valence-electron chi connectivity index (χ1n) is 4.50. The van der Waals surface area contributed by atoms with Crippen LogP contribution in [0.1, 0.15) is 12.0 Å². The van der Waals surface area contributed by atoms with Gasteiger partial charge in [-0.05, 0) is 12.5 Å². The number of anilines is 1. The average molecular weight is 155 g/mol. The minimum absolute atomic E-state index is 0.455. The maximum atomic E-state index is 2.53. The molecule has 0 N–H and O–H groups in total. The fraction of sp³-hybridized carbons (Fsp3) is 0.273. The van der Waals surface area contributed by atoms with Crippen LogP contribution in [0.3, 0.4) is 0 Å². The van der Waals surface area contributed by atoms with Gasteiger partial charge in [0.15, 0.2) is 0 Å². The Hall–Kier alpha value is -1.24. The second-order valence-electron chi connectivity index (χ2n) is 3.89. The number of hydrogen-bond acceptors (Lipinski definition) is 1. The number of para-hydroxylation sites is 1. The lowest BCUT2D eigenvalue weighted by molar-refractivity contribution is 0.678. The summed E-state index contributed by atoms with van der Waals surface area (Å²) in [4.78, 5) is 2.53. The Balaban J connectivity index is 1.99. The van der Waals surface area contributed by atoms with E-state index in [1.54, 1.807) is 5.56 Å². The van der Waals surface area contributed by atoms with E-state index in [0.717, 1.165) is 6.04 Å². The zero-order valence-corrected chi connectivity index (χ0v) is 6.70. The van der Waals surface area contributed by atoms with E-state index in [9.17, 15) is 0 Å². The molecule has 12 heavy (non-hydrogen) atoms. The van der Waals surface area contributed by atoms with Crippen molar-refractivity contribution in [3.05, 3.63) is 42.0 Å². The molecular formula is C11H9N. The van der Waals surface area contributed by atoms with Gasteiger partial charge in [0.25, 0.3) is 0 Å². The molecule has 1 heteroatoms. The van der Waals surface area contributed by atoms with Crippen LogP contribution in [0.5, 0.6) is 0 Å². The second-order valence-corrected chi connectivity index (χ2v) is 3.89. The van der Waals surface area contributed by atoms with E-state index in [1.165, 1.54) is 12.1 Å². The zero-order valence-electron chi connectivity index (χ0n) is 6.70. The Morgan fingerprint density at radius 1 is 1.33 bits per heavy atom. The summed E-state index contributed by atoms with van der Waals surface area (Å²) in [6, 6.07) is 9.50. The van der Waals surface area contributed by atoms with Crippen molar-refractivity contribution >= 4 is 5.69 Å². The van der Waals surface area contributed by atoms with Crippen molar-refractivity contribution in [2.45, 2.75) is 18.0 Å². The van der Waals surface area contributed by atoms with Crippen LogP contribution >= 0.6 is 0 Å². The standard InChI is InChI=1S/C11H9N/c1-2-5-9-8(4-1)11-7-3-6-10(11)12(9)11/h1-6,10H,7H2. The molecule has 1 aliphatic carbocycles. The average Bonchev–Trinajstić information content (AvgIpc) is 2.45. The first-order valence-corrected chi connectivity index (χ1v) is 4.50. The van der Waals surface area contributed by atoms with E-state index >= 15 is 0 Å². The van der Waals surface area contributed by atoms with Gasteiger partial charge >= 0.3 is 0 Å². The highest BCUT2D eigenvalue weighted by Gasteiger charge is 2.71. The fourth-order valence-electron chi connectivity index (χ4n) is 2.96. The van der Waals surface area contributed by atoms with Crippen molar-refractivity contribution in [1.82, 2.24) is 0 Å². The maximum Gasteiger partial charge on any atom is 0.0954 e. The summed E-state index contributed by atoms with van der Waals surface area (Å²) in [7, 11) is 0. The summed E-state index contributed by atoms with van der Waals surface area (Å²) in [5.74, 6) is 0. The minimum atomic E-state index is 0.455. The molecular weight excluding hydrogens is 146 g/mol. The number of rotatable bonds is 0. The topological polar surface area (TPSA) is 3.01 Å². The van der Waals surface area contributed by atoms with Crippen molar-refractivity contribution in [2.24, 2.45) is 0 Å². The molecule has 1 fully saturated rings. The van der Waals surface area contributed by atoms with Crippen LogP contribution in [0.15, 0.2) is 36.4 Å².